The van der Waals surface area contributed by atoms with Crippen LogP contribution in [0.5, 0.6) is 0 Å². The first-order valence-electron chi connectivity index (χ1n) is 15.6. The van der Waals surface area contributed by atoms with Gasteiger partial charge in [-0.05, 0) is 124 Å². The molecule has 0 amide bonds. The fourth-order valence-corrected chi connectivity index (χ4v) is 10.4. The van der Waals surface area contributed by atoms with Crippen molar-refractivity contribution in [2.75, 3.05) is 7.11 Å². The van der Waals surface area contributed by atoms with E-state index in [1.165, 1.54) is 7.11 Å². The number of aliphatic hydroxyl groups is 3. The first kappa shape index (κ1) is 29.0. The standard InChI is InChI=1S/C33H49FO6/c1-18-6-8-21(34)17-23(18)24-12-15-33(37)26-9-7-20-16-22(10-13-31(20,3)25(26)11-14-32(24,33)4)40-30-28(36)29(38-5)27(35)19(2)39-30/h6,8,17,19-20,22,24-30,35-37H,7,9-16H2,1-5H3/t19-,20?,22?,24?,25-,26-,27-,28-,29+,30+,31+,32-,33-/m1/s1. The molecule has 4 aliphatic carbocycles. The van der Waals surface area contributed by atoms with Crippen molar-refractivity contribution in [1.82, 2.24) is 0 Å². The van der Waals surface area contributed by atoms with Gasteiger partial charge in [-0.2, -0.15) is 0 Å². The minimum atomic E-state index is -1.04. The lowest BCUT2D eigenvalue weighted by Gasteiger charge is -2.64. The molecule has 3 N–H and O–H groups in total. The van der Waals surface area contributed by atoms with E-state index in [9.17, 15) is 19.7 Å². The van der Waals surface area contributed by atoms with Crippen LogP contribution in [0, 0.1) is 41.3 Å². The Hall–Kier alpha value is -1.09. The highest BCUT2D eigenvalue weighted by Gasteiger charge is 2.67. The van der Waals surface area contributed by atoms with Crippen LogP contribution >= 0.6 is 0 Å². The van der Waals surface area contributed by atoms with Gasteiger partial charge in [-0.25, -0.2) is 4.39 Å². The predicted octanol–water partition coefficient (Wildman–Crippen LogP) is 5.24. The summed E-state index contributed by atoms with van der Waals surface area (Å²) >= 11 is 0. The molecule has 5 aliphatic rings. The molecule has 0 radical (unpaired) electrons. The average Bonchev–Trinajstić information content (AvgIpc) is 3.20. The van der Waals surface area contributed by atoms with Crippen molar-refractivity contribution in [1.29, 1.82) is 0 Å². The Bertz CT molecular complexity index is 1100. The van der Waals surface area contributed by atoms with Gasteiger partial charge in [-0.15, -0.1) is 0 Å². The molecule has 7 heteroatoms. The number of aliphatic hydroxyl groups excluding tert-OH is 2. The number of aryl methyl sites for hydroxylation is 1. The molecule has 0 bridgehead atoms. The lowest BCUT2D eigenvalue weighted by atomic mass is 9.43. The van der Waals surface area contributed by atoms with E-state index in [1.54, 1.807) is 19.1 Å². The summed E-state index contributed by atoms with van der Waals surface area (Å²) in [5.74, 6) is 1.21. The zero-order chi connectivity index (χ0) is 28.6. The number of hydrogen-bond donors (Lipinski definition) is 3. The molecular weight excluding hydrogens is 511 g/mol. The molecule has 6 rings (SSSR count). The van der Waals surface area contributed by atoms with Gasteiger partial charge in [-0.3, -0.25) is 0 Å². The van der Waals surface area contributed by atoms with Gasteiger partial charge < -0.3 is 29.5 Å². The van der Waals surface area contributed by atoms with Gasteiger partial charge in [0.15, 0.2) is 6.29 Å². The van der Waals surface area contributed by atoms with Crippen LogP contribution in [0.4, 0.5) is 4.39 Å². The van der Waals surface area contributed by atoms with E-state index in [1.807, 2.05) is 6.07 Å². The Kier molecular flexibility index (Phi) is 7.45. The van der Waals surface area contributed by atoms with Crippen LogP contribution in [0.15, 0.2) is 18.2 Å². The molecule has 5 fully saturated rings. The number of halogens is 1. The maximum atomic E-state index is 14.3. The van der Waals surface area contributed by atoms with E-state index >= 15 is 0 Å². The second-order valence-corrected chi connectivity index (χ2v) is 14.4. The summed E-state index contributed by atoms with van der Waals surface area (Å²) in [6.45, 7) is 8.59. The Balaban J connectivity index is 1.18. The maximum absolute atomic E-state index is 14.3. The van der Waals surface area contributed by atoms with Gasteiger partial charge >= 0.3 is 0 Å². The van der Waals surface area contributed by atoms with Gasteiger partial charge in [0.05, 0.1) is 17.8 Å². The third-order valence-electron chi connectivity index (χ3n) is 12.8. The van der Waals surface area contributed by atoms with Crippen molar-refractivity contribution >= 4 is 0 Å². The quantitative estimate of drug-likeness (QED) is 0.437. The molecule has 4 saturated carbocycles. The second kappa shape index (κ2) is 10.3. The van der Waals surface area contributed by atoms with E-state index in [4.69, 9.17) is 14.2 Å². The van der Waals surface area contributed by atoms with E-state index in [-0.39, 0.29) is 34.6 Å². The van der Waals surface area contributed by atoms with E-state index in [0.717, 1.165) is 68.9 Å². The Labute approximate surface area is 238 Å². The fraction of sp³-hybridized carbons (Fsp3) is 0.818. The zero-order valence-corrected chi connectivity index (χ0v) is 24.8. The number of hydrogen-bond acceptors (Lipinski definition) is 6. The van der Waals surface area contributed by atoms with E-state index in [0.29, 0.717) is 11.8 Å². The van der Waals surface area contributed by atoms with E-state index in [2.05, 4.69) is 20.8 Å². The van der Waals surface area contributed by atoms with Crippen molar-refractivity contribution < 1.29 is 33.9 Å². The number of fused-ring (bicyclic) bond motifs is 5. The van der Waals surface area contributed by atoms with Gasteiger partial charge in [0.1, 0.15) is 24.1 Å². The molecule has 40 heavy (non-hydrogen) atoms. The Morgan fingerprint density at radius 3 is 2.50 bits per heavy atom. The smallest absolute Gasteiger partial charge is 0.186 e. The molecule has 1 aliphatic heterocycles. The van der Waals surface area contributed by atoms with Crippen molar-refractivity contribution in [2.24, 2.45) is 28.6 Å². The lowest BCUT2D eigenvalue weighted by Crippen LogP contribution is -2.62. The van der Waals surface area contributed by atoms with Crippen LogP contribution in [0.2, 0.25) is 0 Å². The number of methoxy groups -OCH3 is 1. The highest BCUT2D eigenvalue weighted by Crippen LogP contribution is 2.70. The van der Waals surface area contributed by atoms with Crippen LogP contribution in [0.3, 0.4) is 0 Å². The normalized spacial score (nSPS) is 50.6. The number of rotatable bonds is 4. The minimum Gasteiger partial charge on any atom is -0.389 e. The second-order valence-electron chi connectivity index (χ2n) is 14.4. The summed E-state index contributed by atoms with van der Waals surface area (Å²) in [5, 5.41) is 33.7. The summed E-state index contributed by atoms with van der Waals surface area (Å²) < 4.78 is 31.9. The minimum absolute atomic E-state index is 0.0158. The van der Waals surface area contributed by atoms with Crippen LogP contribution < -0.4 is 0 Å². The molecule has 0 spiro atoms. The summed E-state index contributed by atoms with van der Waals surface area (Å²) in [6, 6.07) is 5.15. The third kappa shape index (κ3) is 4.24. The van der Waals surface area contributed by atoms with Crippen molar-refractivity contribution in [3.63, 3.8) is 0 Å². The third-order valence-corrected chi connectivity index (χ3v) is 12.8. The lowest BCUT2D eigenvalue weighted by molar-refractivity contribution is -0.313. The largest absolute Gasteiger partial charge is 0.389 e. The molecule has 6 nitrogen and oxygen atoms in total. The summed E-state index contributed by atoms with van der Waals surface area (Å²) in [5.41, 5.74) is 1.37. The topological polar surface area (TPSA) is 88.4 Å². The van der Waals surface area contributed by atoms with Gasteiger partial charge in [0.2, 0.25) is 0 Å². The van der Waals surface area contributed by atoms with E-state index < -0.39 is 36.3 Å². The predicted molar refractivity (Wildman–Crippen MR) is 149 cm³/mol. The Morgan fingerprint density at radius 1 is 0.975 bits per heavy atom. The van der Waals surface area contributed by atoms with Gasteiger partial charge in [0, 0.05) is 12.5 Å². The molecule has 1 aromatic carbocycles. The molecule has 1 heterocycles. The molecule has 3 unspecified atom stereocenters. The molecule has 224 valence electrons. The van der Waals surface area contributed by atoms with Gasteiger partial charge in [0.25, 0.3) is 0 Å². The van der Waals surface area contributed by atoms with Crippen molar-refractivity contribution in [3.05, 3.63) is 35.1 Å². The zero-order valence-electron chi connectivity index (χ0n) is 24.8. The Morgan fingerprint density at radius 2 is 1.75 bits per heavy atom. The summed E-state index contributed by atoms with van der Waals surface area (Å²) in [6.07, 6.45) is 4.69. The van der Waals surface area contributed by atoms with Crippen LogP contribution in [0.1, 0.15) is 95.6 Å². The maximum Gasteiger partial charge on any atom is 0.186 e. The molecule has 1 saturated heterocycles. The summed E-state index contributed by atoms with van der Waals surface area (Å²) in [7, 11) is 1.49. The van der Waals surface area contributed by atoms with Gasteiger partial charge in [-0.1, -0.05) is 19.9 Å². The summed E-state index contributed by atoms with van der Waals surface area (Å²) in [4.78, 5) is 0. The fourth-order valence-electron chi connectivity index (χ4n) is 10.4. The average molecular weight is 561 g/mol. The molecule has 1 aromatic rings. The molecule has 13 atom stereocenters. The highest BCUT2D eigenvalue weighted by molar-refractivity contribution is 5.35. The van der Waals surface area contributed by atoms with Crippen LogP contribution in [-0.4, -0.2) is 64.8 Å². The molecular formula is C33H49FO6. The first-order chi connectivity index (χ1) is 18.9. The van der Waals surface area contributed by atoms with Crippen molar-refractivity contribution in [2.45, 2.75) is 134 Å². The van der Waals surface area contributed by atoms with Crippen molar-refractivity contribution in [3.8, 4) is 0 Å². The first-order valence-corrected chi connectivity index (χ1v) is 15.6. The molecule has 0 aromatic heterocycles. The SMILES string of the molecule is CO[C@@H]1[C@@H](O)[C@H](OC2CC[C@@]3(C)C(CC[C@@H]4[C@H]3CC[C@]3(C)C(c5cc(F)ccc5C)CC[C@@]43O)C2)O[C@H](C)[C@H]1O. The number of benzene rings is 1. The van der Waals surface area contributed by atoms with Crippen LogP contribution in [-0.2, 0) is 14.2 Å². The van der Waals surface area contributed by atoms with Crippen LogP contribution in [0.25, 0.3) is 0 Å². The number of ether oxygens (including phenoxy) is 3. The highest BCUT2D eigenvalue weighted by atomic mass is 19.1. The monoisotopic (exact) mass is 560 g/mol.